The molecule has 0 aliphatic carbocycles. The molecule has 0 aliphatic rings. The van der Waals surface area contributed by atoms with Gasteiger partial charge < -0.3 is 9.64 Å². The molecule has 0 fully saturated rings. The van der Waals surface area contributed by atoms with E-state index in [9.17, 15) is 4.79 Å². The summed E-state index contributed by atoms with van der Waals surface area (Å²) in [7, 11) is 3.40. The van der Waals surface area contributed by atoms with Crippen molar-refractivity contribution in [1.82, 2.24) is 4.90 Å². The Bertz CT molecular complexity index is 314. The average molecular weight is 278 g/mol. The lowest BCUT2D eigenvalue weighted by atomic mass is 10.4. The van der Waals surface area contributed by atoms with Crippen molar-refractivity contribution in [1.29, 1.82) is 0 Å². The molecule has 1 rings (SSSR count). The van der Waals surface area contributed by atoms with E-state index in [0.29, 0.717) is 13.2 Å². The average Bonchev–Trinajstić information content (AvgIpc) is 2.59. The Kier molecular flexibility index (Phi) is 4.57. The minimum atomic E-state index is 0.0314. The monoisotopic (exact) mass is 277 g/mol. The number of nitrogens with zero attached hydrogens (tertiary/aromatic N) is 1. The van der Waals surface area contributed by atoms with E-state index in [1.54, 1.807) is 19.1 Å². The molecule has 0 spiro atoms. The predicted octanol–water partition coefficient (Wildman–Crippen LogP) is 2.23. The molecule has 0 saturated heterocycles. The molecule has 1 heterocycles. The summed E-state index contributed by atoms with van der Waals surface area (Å²) in [5, 5.41) is 1.89. The molecule has 0 saturated carbocycles. The minimum Gasteiger partial charge on any atom is -0.383 e. The molecule has 14 heavy (non-hydrogen) atoms. The van der Waals surface area contributed by atoms with Gasteiger partial charge in [-0.05, 0) is 27.4 Å². The number of carbonyl (C=O) groups excluding carboxylic acids is 1. The van der Waals surface area contributed by atoms with Gasteiger partial charge in [-0.3, -0.25) is 4.79 Å². The largest absolute Gasteiger partial charge is 0.383 e. The van der Waals surface area contributed by atoms with Crippen molar-refractivity contribution in [3.63, 3.8) is 0 Å². The molecule has 1 aromatic heterocycles. The number of hydrogen-bond acceptors (Lipinski definition) is 3. The number of ether oxygens (including phenoxy) is 1. The molecule has 0 aromatic carbocycles. The van der Waals surface area contributed by atoms with E-state index in [4.69, 9.17) is 4.74 Å². The zero-order valence-electron chi connectivity index (χ0n) is 8.12. The van der Waals surface area contributed by atoms with Gasteiger partial charge in [0.2, 0.25) is 0 Å². The van der Waals surface area contributed by atoms with E-state index in [-0.39, 0.29) is 5.91 Å². The molecule has 78 valence electrons. The number of rotatable bonds is 4. The Morgan fingerprint density at radius 1 is 1.71 bits per heavy atom. The van der Waals surface area contributed by atoms with Crippen molar-refractivity contribution < 1.29 is 9.53 Å². The van der Waals surface area contributed by atoms with Gasteiger partial charge in [-0.1, -0.05) is 0 Å². The Morgan fingerprint density at radius 2 is 2.43 bits per heavy atom. The summed E-state index contributed by atoms with van der Waals surface area (Å²) < 4.78 is 5.77. The first kappa shape index (κ1) is 11.7. The SMILES string of the molecule is COCCN(C)C(=O)c1sccc1Br. The van der Waals surface area contributed by atoms with Crippen LogP contribution >= 0.6 is 27.3 Å². The number of halogens is 1. The minimum absolute atomic E-state index is 0.0314. The molecule has 0 N–H and O–H groups in total. The van der Waals surface area contributed by atoms with Crippen molar-refractivity contribution in [2.75, 3.05) is 27.3 Å². The van der Waals surface area contributed by atoms with Crippen LogP contribution < -0.4 is 0 Å². The fourth-order valence-electron chi connectivity index (χ4n) is 0.949. The van der Waals surface area contributed by atoms with E-state index in [1.807, 2.05) is 11.4 Å². The van der Waals surface area contributed by atoms with Gasteiger partial charge in [-0.25, -0.2) is 0 Å². The Labute approximate surface area is 95.8 Å². The fourth-order valence-corrected chi connectivity index (χ4v) is 2.48. The summed E-state index contributed by atoms with van der Waals surface area (Å²) in [6.45, 7) is 1.17. The number of hydrogen-bond donors (Lipinski definition) is 0. The van der Waals surface area contributed by atoms with Crippen LogP contribution in [-0.2, 0) is 4.74 Å². The van der Waals surface area contributed by atoms with E-state index in [2.05, 4.69) is 15.9 Å². The highest BCUT2D eigenvalue weighted by molar-refractivity contribution is 9.10. The van der Waals surface area contributed by atoms with Gasteiger partial charge in [0, 0.05) is 25.2 Å². The molecule has 0 atom stereocenters. The molecule has 1 aromatic rings. The Balaban J connectivity index is 2.61. The standard InChI is InChI=1S/C9H12BrNO2S/c1-11(4-5-13-2)9(12)8-7(10)3-6-14-8/h3,6H,4-5H2,1-2H3. The maximum atomic E-state index is 11.8. The van der Waals surface area contributed by atoms with Crippen LogP contribution in [0.3, 0.4) is 0 Å². The molecular weight excluding hydrogens is 266 g/mol. The first-order valence-electron chi connectivity index (χ1n) is 4.14. The first-order valence-corrected chi connectivity index (χ1v) is 5.81. The normalized spacial score (nSPS) is 10.2. The van der Waals surface area contributed by atoms with Crippen LogP contribution in [0.15, 0.2) is 15.9 Å². The summed E-state index contributed by atoms with van der Waals surface area (Å²) in [5.41, 5.74) is 0. The smallest absolute Gasteiger partial charge is 0.264 e. The highest BCUT2D eigenvalue weighted by Crippen LogP contribution is 2.23. The number of carbonyl (C=O) groups is 1. The van der Waals surface area contributed by atoms with Gasteiger partial charge in [-0.2, -0.15) is 0 Å². The number of amides is 1. The third-order valence-corrected chi connectivity index (χ3v) is 3.61. The third-order valence-electron chi connectivity index (χ3n) is 1.79. The van der Waals surface area contributed by atoms with Gasteiger partial charge in [0.05, 0.1) is 6.61 Å². The van der Waals surface area contributed by atoms with E-state index in [0.717, 1.165) is 9.35 Å². The van der Waals surface area contributed by atoms with Crippen LogP contribution in [0, 0.1) is 0 Å². The second-order valence-corrected chi connectivity index (χ2v) is 4.59. The third kappa shape index (κ3) is 2.80. The zero-order valence-corrected chi connectivity index (χ0v) is 10.5. The summed E-state index contributed by atoms with van der Waals surface area (Å²) in [4.78, 5) is 14.2. The number of methoxy groups -OCH3 is 1. The lowest BCUT2D eigenvalue weighted by Gasteiger charge is -2.15. The Hall–Kier alpha value is -0.390. The molecule has 1 amide bonds. The van der Waals surface area contributed by atoms with Crippen LogP contribution in [0.5, 0.6) is 0 Å². The zero-order chi connectivity index (χ0) is 10.6. The molecule has 5 heteroatoms. The van der Waals surface area contributed by atoms with Crippen molar-refractivity contribution in [2.24, 2.45) is 0 Å². The van der Waals surface area contributed by atoms with E-state index in [1.165, 1.54) is 11.3 Å². The maximum Gasteiger partial charge on any atom is 0.264 e. The predicted molar refractivity (Wildman–Crippen MR) is 60.9 cm³/mol. The summed E-state index contributed by atoms with van der Waals surface area (Å²) in [5.74, 6) is 0.0314. The lowest BCUT2D eigenvalue weighted by Crippen LogP contribution is -2.29. The van der Waals surface area contributed by atoms with Crippen molar-refractivity contribution in [3.05, 3.63) is 20.8 Å². The first-order chi connectivity index (χ1) is 6.66. The summed E-state index contributed by atoms with van der Waals surface area (Å²) in [6, 6.07) is 1.88. The lowest BCUT2D eigenvalue weighted by molar-refractivity contribution is 0.0748. The van der Waals surface area contributed by atoms with Crippen LogP contribution in [0.25, 0.3) is 0 Å². The van der Waals surface area contributed by atoms with Crippen LogP contribution in [-0.4, -0.2) is 38.1 Å². The van der Waals surface area contributed by atoms with Gasteiger partial charge in [0.25, 0.3) is 5.91 Å². The topological polar surface area (TPSA) is 29.5 Å². The second-order valence-electron chi connectivity index (χ2n) is 2.82. The fraction of sp³-hybridized carbons (Fsp3) is 0.444. The van der Waals surface area contributed by atoms with Crippen LogP contribution in [0.2, 0.25) is 0 Å². The van der Waals surface area contributed by atoms with Gasteiger partial charge >= 0.3 is 0 Å². The Morgan fingerprint density at radius 3 is 2.93 bits per heavy atom. The number of likely N-dealkylation sites (N-methyl/N-ethyl adjacent to an activating group) is 1. The van der Waals surface area contributed by atoms with Crippen LogP contribution in [0.4, 0.5) is 0 Å². The van der Waals surface area contributed by atoms with Crippen molar-refractivity contribution in [2.45, 2.75) is 0 Å². The van der Waals surface area contributed by atoms with Crippen LogP contribution in [0.1, 0.15) is 9.67 Å². The van der Waals surface area contributed by atoms with Gasteiger partial charge in [0.15, 0.2) is 0 Å². The van der Waals surface area contributed by atoms with E-state index < -0.39 is 0 Å². The molecule has 3 nitrogen and oxygen atoms in total. The van der Waals surface area contributed by atoms with Gasteiger partial charge in [0.1, 0.15) is 4.88 Å². The molecule has 0 unspecified atom stereocenters. The highest BCUT2D eigenvalue weighted by Gasteiger charge is 2.15. The molecule has 0 bridgehead atoms. The molecular formula is C9H12BrNO2S. The highest BCUT2D eigenvalue weighted by atomic mass is 79.9. The van der Waals surface area contributed by atoms with Crippen molar-refractivity contribution in [3.8, 4) is 0 Å². The molecule has 0 radical (unpaired) electrons. The molecule has 0 aliphatic heterocycles. The summed E-state index contributed by atoms with van der Waals surface area (Å²) in [6.07, 6.45) is 0. The second kappa shape index (κ2) is 5.48. The summed E-state index contributed by atoms with van der Waals surface area (Å²) >= 11 is 4.78. The van der Waals surface area contributed by atoms with Gasteiger partial charge in [-0.15, -0.1) is 11.3 Å². The maximum absolute atomic E-state index is 11.8. The van der Waals surface area contributed by atoms with Crippen molar-refractivity contribution >= 4 is 33.2 Å². The van der Waals surface area contributed by atoms with E-state index >= 15 is 0 Å². The number of thiophene rings is 1. The quantitative estimate of drug-likeness (QED) is 0.845.